The third-order valence-electron chi connectivity index (χ3n) is 3.47. The molecule has 1 atom stereocenters. The molecule has 1 aromatic heterocycles. The van der Waals surface area contributed by atoms with Gasteiger partial charge in [0.2, 0.25) is 0 Å². The molecule has 2 rings (SSSR count). The van der Waals surface area contributed by atoms with Crippen molar-refractivity contribution in [3.8, 4) is 0 Å². The summed E-state index contributed by atoms with van der Waals surface area (Å²) < 4.78 is 0. The van der Waals surface area contributed by atoms with Gasteiger partial charge >= 0.3 is 12.0 Å². The second kappa shape index (κ2) is 6.09. The molecule has 20 heavy (non-hydrogen) atoms. The van der Waals surface area contributed by atoms with Crippen LogP contribution in [0.3, 0.4) is 0 Å². The molecule has 0 aliphatic carbocycles. The zero-order valence-electron chi connectivity index (χ0n) is 11.4. The fourth-order valence-corrected chi connectivity index (χ4v) is 3.44. The Morgan fingerprint density at radius 1 is 1.65 bits per heavy atom. The maximum atomic E-state index is 12.5. The summed E-state index contributed by atoms with van der Waals surface area (Å²) in [6.07, 6.45) is 2.38. The molecule has 1 aliphatic heterocycles. The van der Waals surface area contributed by atoms with E-state index < -0.39 is 5.97 Å². The number of carbonyl (C=O) groups is 2. The number of hydrogen-bond donors (Lipinski definition) is 1. The lowest BCUT2D eigenvalue weighted by molar-refractivity contribution is -0.137. The highest BCUT2D eigenvalue weighted by Gasteiger charge is 2.31. The predicted octanol–water partition coefficient (Wildman–Crippen LogP) is 2.36. The molecule has 5 nitrogen and oxygen atoms in total. The number of carbonyl (C=O) groups excluding carboxylic acids is 1. The highest BCUT2D eigenvalue weighted by Crippen LogP contribution is 2.33. The van der Waals surface area contributed by atoms with Gasteiger partial charge in [-0.15, -0.1) is 17.9 Å². The van der Waals surface area contributed by atoms with E-state index >= 15 is 0 Å². The molecule has 2 heterocycles. The van der Waals surface area contributed by atoms with Crippen molar-refractivity contribution in [3.63, 3.8) is 0 Å². The van der Waals surface area contributed by atoms with Gasteiger partial charge in [0, 0.05) is 18.0 Å². The normalized spacial score (nSPS) is 17.4. The summed E-state index contributed by atoms with van der Waals surface area (Å²) in [5.74, 6) is -1.01. The minimum absolute atomic E-state index is 0.0152. The number of rotatable bonds is 4. The highest BCUT2D eigenvalue weighted by molar-refractivity contribution is 7.10. The van der Waals surface area contributed by atoms with E-state index in [1.807, 2.05) is 18.4 Å². The number of aliphatic carboxylic acids is 1. The van der Waals surface area contributed by atoms with Crippen LogP contribution in [-0.2, 0) is 11.2 Å². The van der Waals surface area contributed by atoms with Gasteiger partial charge in [-0.05, 0) is 30.4 Å². The molecule has 0 radical (unpaired) electrons. The molecule has 0 spiro atoms. The molecule has 1 aliphatic rings. The first-order valence-electron chi connectivity index (χ1n) is 6.49. The Morgan fingerprint density at radius 3 is 3.05 bits per heavy atom. The van der Waals surface area contributed by atoms with Crippen LogP contribution in [0.25, 0.3) is 0 Å². The molecule has 0 bridgehead atoms. The minimum atomic E-state index is -1.01. The number of amides is 2. The lowest BCUT2D eigenvalue weighted by Gasteiger charge is -2.36. The fraction of sp³-hybridized carbons (Fsp3) is 0.429. The van der Waals surface area contributed by atoms with Crippen LogP contribution in [0.1, 0.15) is 23.4 Å². The SMILES string of the molecule is C=CCN(CC(=O)O)C(=O)N1CCc2sccc2C1C. The second-order valence-electron chi connectivity index (χ2n) is 4.76. The number of fused-ring (bicyclic) bond motifs is 1. The largest absolute Gasteiger partial charge is 0.480 e. The van der Waals surface area contributed by atoms with E-state index in [0.717, 1.165) is 6.42 Å². The number of urea groups is 1. The Bertz CT molecular complexity index is 526. The topological polar surface area (TPSA) is 60.9 Å². The van der Waals surface area contributed by atoms with E-state index in [0.29, 0.717) is 6.54 Å². The number of thiophene rings is 1. The molecular weight excluding hydrogens is 276 g/mol. The fourth-order valence-electron chi connectivity index (χ4n) is 2.48. The first-order chi connectivity index (χ1) is 9.54. The first-order valence-corrected chi connectivity index (χ1v) is 7.37. The van der Waals surface area contributed by atoms with Gasteiger partial charge in [-0.25, -0.2) is 4.79 Å². The van der Waals surface area contributed by atoms with E-state index in [2.05, 4.69) is 6.58 Å². The van der Waals surface area contributed by atoms with Gasteiger partial charge in [0.05, 0.1) is 6.04 Å². The number of carboxylic acids is 1. The van der Waals surface area contributed by atoms with Crippen molar-refractivity contribution < 1.29 is 14.7 Å². The highest BCUT2D eigenvalue weighted by atomic mass is 32.1. The van der Waals surface area contributed by atoms with Gasteiger partial charge < -0.3 is 14.9 Å². The molecule has 0 fully saturated rings. The maximum absolute atomic E-state index is 12.5. The Hall–Kier alpha value is -1.82. The smallest absolute Gasteiger partial charge is 0.323 e. The van der Waals surface area contributed by atoms with Crippen molar-refractivity contribution in [1.82, 2.24) is 9.80 Å². The van der Waals surface area contributed by atoms with Gasteiger partial charge in [0.15, 0.2) is 0 Å². The second-order valence-corrected chi connectivity index (χ2v) is 5.76. The number of hydrogen-bond acceptors (Lipinski definition) is 3. The number of carboxylic acid groups (broad SMARTS) is 1. The summed E-state index contributed by atoms with van der Waals surface area (Å²) in [6, 6.07) is 1.79. The summed E-state index contributed by atoms with van der Waals surface area (Å²) >= 11 is 1.71. The monoisotopic (exact) mass is 294 g/mol. The Kier molecular flexibility index (Phi) is 4.44. The van der Waals surface area contributed by atoms with Gasteiger partial charge in [0.25, 0.3) is 0 Å². The summed E-state index contributed by atoms with van der Waals surface area (Å²) in [5.41, 5.74) is 1.17. The van der Waals surface area contributed by atoms with Gasteiger partial charge in [0.1, 0.15) is 6.54 Å². The Morgan fingerprint density at radius 2 is 2.40 bits per heavy atom. The maximum Gasteiger partial charge on any atom is 0.323 e. The van der Waals surface area contributed by atoms with Crippen LogP contribution in [0, 0.1) is 0 Å². The summed E-state index contributed by atoms with van der Waals surface area (Å²) in [7, 11) is 0. The van der Waals surface area contributed by atoms with Crippen LogP contribution < -0.4 is 0 Å². The van der Waals surface area contributed by atoms with Crippen molar-refractivity contribution in [2.45, 2.75) is 19.4 Å². The first kappa shape index (κ1) is 14.6. The molecule has 108 valence electrons. The molecule has 1 N–H and O–H groups in total. The van der Waals surface area contributed by atoms with Crippen LogP contribution >= 0.6 is 11.3 Å². The van der Waals surface area contributed by atoms with Gasteiger partial charge in [-0.1, -0.05) is 6.08 Å². The predicted molar refractivity (Wildman–Crippen MR) is 77.9 cm³/mol. The van der Waals surface area contributed by atoms with Crippen LogP contribution in [0.2, 0.25) is 0 Å². The average molecular weight is 294 g/mol. The summed E-state index contributed by atoms with van der Waals surface area (Å²) in [5, 5.41) is 10.9. The molecule has 0 aromatic carbocycles. The average Bonchev–Trinajstić information content (AvgIpc) is 2.87. The van der Waals surface area contributed by atoms with E-state index in [1.165, 1.54) is 15.3 Å². The van der Waals surface area contributed by atoms with E-state index in [9.17, 15) is 9.59 Å². The lowest BCUT2D eigenvalue weighted by atomic mass is 10.0. The van der Waals surface area contributed by atoms with Crippen LogP contribution in [0.15, 0.2) is 24.1 Å². The zero-order chi connectivity index (χ0) is 14.7. The van der Waals surface area contributed by atoms with Crippen molar-refractivity contribution in [2.75, 3.05) is 19.6 Å². The minimum Gasteiger partial charge on any atom is -0.480 e. The summed E-state index contributed by atoms with van der Waals surface area (Å²) in [4.78, 5) is 27.7. The molecule has 6 heteroatoms. The molecule has 0 saturated heterocycles. The third-order valence-corrected chi connectivity index (χ3v) is 4.47. The molecule has 0 saturated carbocycles. The van der Waals surface area contributed by atoms with Crippen LogP contribution in [-0.4, -0.2) is 46.5 Å². The van der Waals surface area contributed by atoms with Crippen molar-refractivity contribution in [1.29, 1.82) is 0 Å². The van der Waals surface area contributed by atoms with Crippen molar-refractivity contribution in [3.05, 3.63) is 34.5 Å². The quantitative estimate of drug-likeness (QED) is 0.867. The Labute approximate surface area is 122 Å². The van der Waals surface area contributed by atoms with Gasteiger partial charge in [-0.2, -0.15) is 0 Å². The van der Waals surface area contributed by atoms with E-state index in [4.69, 9.17) is 5.11 Å². The molecule has 1 aromatic rings. The number of nitrogens with zero attached hydrogens (tertiary/aromatic N) is 2. The van der Waals surface area contributed by atoms with Crippen molar-refractivity contribution >= 4 is 23.3 Å². The van der Waals surface area contributed by atoms with E-state index in [1.54, 1.807) is 22.3 Å². The molecule has 2 amide bonds. The zero-order valence-corrected chi connectivity index (χ0v) is 12.2. The van der Waals surface area contributed by atoms with Gasteiger partial charge in [-0.3, -0.25) is 4.79 Å². The molecule has 1 unspecified atom stereocenters. The van der Waals surface area contributed by atoms with E-state index in [-0.39, 0.29) is 25.2 Å². The summed E-state index contributed by atoms with van der Waals surface area (Å²) in [6.45, 7) is 6.13. The third kappa shape index (κ3) is 2.85. The lowest BCUT2D eigenvalue weighted by Crippen LogP contribution is -2.48. The van der Waals surface area contributed by atoms with Crippen LogP contribution in [0.5, 0.6) is 0 Å². The Balaban J connectivity index is 2.15. The standard InChI is InChI=1S/C14H18N2O3S/c1-3-6-15(9-13(17)18)14(19)16-7-4-12-11(10(16)2)5-8-20-12/h3,5,8,10H,1,4,6-7,9H2,2H3,(H,17,18). The van der Waals surface area contributed by atoms with Crippen molar-refractivity contribution in [2.24, 2.45) is 0 Å². The van der Waals surface area contributed by atoms with Crippen LogP contribution in [0.4, 0.5) is 4.79 Å². The molecular formula is C14H18N2O3S.